The van der Waals surface area contributed by atoms with Gasteiger partial charge in [0.05, 0.1) is 6.20 Å². The smallest absolute Gasteiger partial charge is 0.302 e. The largest absolute Gasteiger partial charge is 0.425 e. The molecule has 0 unspecified atom stereocenters. The number of hydrogen-bond donors (Lipinski definition) is 0. The van der Waals surface area contributed by atoms with Crippen molar-refractivity contribution in [2.75, 3.05) is 0 Å². The van der Waals surface area contributed by atoms with E-state index in [0.717, 1.165) is 15.9 Å². The average Bonchev–Trinajstić information content (AvgIpc) is 2.59. The Kier molecular flexibility index (Phi) is 3.52. The molecule has 0 aliphatic heterocycles. The zero-order valence-corrected chi connectivity index (χ0v) is 11.7. The monoisotopic (exact) mass is 294 g/mol. The van der Waals surface area contributed by atoms with Crippen molar-refractivity contribution in [1.82, 2.24) is 9.55 Å². The van der Waals surface area contributed by atoms with Crippen molar-refractivity contribution in [3.8, 4) is 11.8 Å². The zero-order chi connectivity index (χ0) is 12.4. The van der Waals surface area contributed by atoms with E-state index in [0.29, 0.717) is 12.1 Å². The van der Waals surface area contributed by atoms with Crippen molar-refractivity contribution in [2.24, 2.45) is 0 Å². The molecule has 17 heavy (non-hydrogen) atoms. The summed E-state index contributed by atoms with van der Waals surface area (Å²) >= 11 is 3.42. The number of benzene rings is 1. The minimum atomic E-state index is 0.333. The van der Waals surface area contributed by atoms with E-state index in [9.17, 15) is 0 Å². The molecule has 1 aromatic carbocycles. The summed E-state index contributed by atoms with van der Waals surface area (Å²) in [6.45, 7) is 6.26. The fraction of sp³-hybridized carbons (Fsp3) is 0.308. The molecule has 0 saturated carbocycles. The lowest BCUT2D eigenvalue weighted by molar-refractivity contribution is 0.392. The maximum Gasteiger partial charge on any atom is 0.302 e. The molecule has 0 spiro atoms. The van der Waals surface area contributed by atoms with Crippen molar-refractivity contribution >= 4 is 15.9 Å². The molecule has 0 aliphatic rings. The van der Waals surface area contributed by atoms with Crippen LogP contribution in [0.1, 0.15) is 25.6 Å². The summed E-state index contributed by atoms with van der Waals surface area (Å²) in [5.74, 6) is 0.784. The van der Waals surface area contributed by atoms with Gasteiger partial charge in [-0.1, -0.05) is 22.0 Å². The number of imidazole rings is 1. The van der Waals surface area contributed by atoms with E-state index in [4.69, 9.17) is 4.74 Å². The quantitative estimate of drug-likeness (QED) is 0.842. The van der Waals surface area contributed by atoms with Crippen LogP contribution in [0.4, 0.5) is 0 Å². The molecule has 1 aromatic heterocycles. The molecule has 2 aromatic rings. The number of nitrogens with zero attached hydrogens (tertiary/aromatic N) is 2. The fourth-order valence-corrected chi connectivity index (χ4v) is 2.14. The van der Waals surface area contributed by atoms with Gasteiger partial charge in [-0.2, -0.15) is 0 Å². The lowest BCUT2D eigenvalue weighted by atomic mass is 10.3. The first-order chi connectivity index (χ1) is 8.08. The second-order valence-electron chi connectivity index (χ2n) is 4.21. The third kappa shape index (κ3) is 2.69. The van der Waals surface area contributed by atoms with Crippen LogP contribution in [0.5, 0.6) is 11.8 Å². The minimum absolute atomic E-state index is 0.333. The summed E-state index contributed by atoms with van der Waals surface area (Å²) in [4.78, 5) is 4.29. The van der Waals surface area contributed by atoms with Crippen LogP contribution in [0.3, 0.4) is 0 Å². The Morgan fingerprint density at radius 1 is 1.35 bits per heavy atom. The number of aryl methyl sites for hydroxylation is 1. The van der Waals surface area contributed by atoms with Gasteiger partial charge in [0.25, 0.3) is 0 Å². The maximum absolute atomic E-state index is 5.79. The standard InChI is InChI=1S/C13H15BrN2O/c1-9(2)16-10(3)8-15-13(16)17-12-6-4-5-11(14)7-12/h4-9H,1-3H3. The SMILES string of the molecule is Cc1cnc(Oc2cccc(Br)c2)n1C(C)C. The molecule has 3 nitrogen and oxygen atoms in total. The Bertz CT molecular complexity index is 520. The Morgan fingerprint density at radius 3 is 2.76 bits per heavy atom. The highest BCUT2D eigenvalue weighted by Gasteiger charge is 2.11. The van der Waals surface area contributed by atoms with Crippen LogP contribution >= 0.6 is 15.9 Å². The van der Waals surface area contributed by atoms with Crippen molar-refractivity contribution in [1.29, 1.82) is 0 Å². The predicted octanol–water partition coefficient (Wildman–Crippen LogP) is 4.33. The maximum atomic E-state index is 5.79. The molecular formula is C13H15BrN2O. The molecular weight excluding hydrogens is 280 g/mol. The summed E-state index contributed by atoms with van der Waals surface area (Å²) in [6, 6.07) is 8.71. The van der Waals surface area contributed by atoms with Gasteiger partial charge in [0.2, 0.25) is 0 Å². The van der Waals surface area contributed by atoms with E-state index in [2.05, 4.69) is 39.3 Å². The number of rotatable bonds is 3. The van der Waals surface area contributed by atoms with E-state index < -0.39 is 0 Å². The van der Waals surface area contributed by atoms with E-state index in [1.807, 2.05) is 37.4 Å². The first-order valence-corrected chi connectivity index (χ1v) is 6.34. The van der Waals surface area contributed by atoms with Crippen molar-refractivity contribution in [3.05, 3.63) is 40.6 Å². The molecule has 0 aliphatic carbocycles. The van der Waals surface area contributed by atoms with Crippen LogP contribution in [0.15, 0.2) is 34.9 Å². The van der Waals surface area contributed by atoms with Gasteiger partial charge in [0, 0.05) is 16.2 Å². The molecule has 1 heterocycles. The van der Waals surface area contributed by atoms with E-state index in [1.54, 1.807) is 0 Å². The summed E-state index contributed by atoms with van der Waals surface area (Å²) in [5, 5.41) is 0. The third-order valence-electron chi connectivity index (χ3n) is 2.47. The normalized spacial score (nSPS) is 10.9. The Hall–Kier alpha value is -1.29. The van der Waals surface area contributed by atoms with Crippen LogP contribution in [0.2, 0.25) is 0 Å². The zero-order valence-electron chi connectivity index (χ0n) is 10.1. The Labute approximate surface area is 110 Å². The van der Waals surface area contributed by atoms with Crippen LogP contribution < -0.4 is 4.74 Å². The summed E-state index contributed by atoms with van der Waals surface area (Å²) in [7, 11) is 0. The summed E-state index contributed by atoms with van der Waals surface area (Å²) in [6.07, 6.45) is 1.83. The van der Waals surface area contributed by atoms with Gasteiger partial charge in [0.1, 0.15) is 5.75 Å². The topological polar surface area (TPSA) is 27.1 Å². The predicted molar refractivity (Wildman–Crippen MR) is 71.6 cm³/mol. The molecule has 0 bridgehead atoms. The van der Waals surface area contributed by atoms with Crippen LogP contribution in [0.25, 0.3) is 0 Å². The van der Waals surface area contributed by atoms with Crippen LogP contribution in [-0.4, -0.2) is 9.55 Å². The van der Waals surface area contributed by atoms with Gasteiger partial charge in [-0.05, 0) is 39.0 Å². The van der Waals surface area contributed by atoms with Gasteiger partial charge >= 0.3 is 6.01 Å². The highest BCUT2D eigenvalue weighted by atomic mass is 79.9. The molecule has 0 N–H and O–H groups in total. The highest BCUT2D eigenvalue weighted by Crippen LogP contribution is 2.26. The molecule has 90 valence electrons. The van der Waals surface area contributed by atoms with Gasteiger partial charge < -0.3 is 4.74 Å². The molecule has 0 amide bonds. The van der Waals surface area contributed by atoms with Crippen molar-refractivity contribution in [3.63, 3.8) is 0 Å². The van der Waals surface area contributed by atoms with Crippen LogP contribution in [-0.2, 0) is 0 Å². The second-order valence-corrected chi connectivity index (χ2v) is 5.12. The van der Waals surface area contributed by atoms with Crippen molar-refractivity contribution in [2.45, 2.75) is 26.8 Å². The number of ether oxygens (including phenoxy) is 1. The molecule has 0 fully saturated rings. The average molecular weight is 295 g/mol. The van der Waals surface area contributed by atoms with Gasteiger partial charge in [-0.15, -0.1) is 0 Å². The minimum Gasteiger partial charge on any atom is -0.425 e. The number of aromatic nitrogens is 2. The van der Waals surface area contributed by atoms with E-state index >= 15 is 0 Å². The van der Waals surface area contributed by atoms with Gasteiger partial charge in [-0.3, -0.25) is 4.57 Å². The lowest BCUT2D eigenvalue weighted by Crippen LogP contribution is -2.05. The first kappa shape index (κ1) is 12.2. The molecule has 4 heteroatoms. The Balaban J connectivity index is 2.30. The number of hydrogen-bond acceptors (Lipinski definition) is 2. The second kappa shape index (κ2) is 4.92. The van der Waals surface area contributed by atoms with Gasteiger partial charge in [0.15, 0.2) is 0 Å². The number of halogens is 1. The van der Waals surface area contributed by atoms with Crippen molar-refractivity contribution < 1.29 is 4.74 Å². The van der Waals surface area contributed by atoms with E-state index in [-0.39, 0.29) is 0 Å². The molecule has 0 radical (unpaired) electrons. The highest BCUT2D eigenvalue weighted by molar-refractivity contribution is 9.10. The fourth-order valence-electron chi connectivity index (χ4n) is 1.76. The molecule has 0 saturated heterocycles. The Morgan fingerprint density at radius 2 is 2.12 bits per heavy atom. The lowest BCUT2D eigenvalue weighted by Gasteiger charge is -2.13. The first-order valence-electron chi connectivity index (χ1n) is 5.55. The summed E-state index contributed by atoms with van der Waals surface area (Å²) < 4.78 is 8.86. The molecule has 0 atom stereocenters. The van der Waals surface area contributed by atoms with Crippen LogP contribution in [0, 0.1) is 6.92 Å². The third-order valence-corrected chi connectivity index (χ3v) is 2.96. The summed E-state index contributed by atoms with van der Waals surface area (Å²) in [5.41, 5.74) is 1.10. The molecule has 2 rings (SSSR count). The van der Waals surface area contributed by atoms with E-state index in [1.165, 1.54) is 0 Å². The van der Waals surface area contributed by atoms with Gasteiger partial charge in [-0.25, -0.2) is 4.98 Å².